The van der Waals surface area contributed by atoms with E-state index in [9.17, 15) is 4.79 Å². The summed E-state index contributed by atoms with van der Waals surface area (Å²) >= 11 is 0. The minimum absolute atomic E-state index is 0.0651. The van der Waals surface area contributed by atoms with Gasteiger partial charge in [-0.15, -0.1) is 0 Å². The predicted octanol–water partition coefficient (Wildman–Crippen LogP) is 2.83. The number of nitrogens with zero attached hydrogens (tertiary/aromatic N) is 1. The van der Waals surface area contributed by atoms with Crippen molar-refractivity contribution in [2.75, 3.05) is 26.1 Å². The third-order valence-corrected chi connectivity index (χ3v) is 3.41. The van der Waals surface area contributed by atoms with E-state index in [2.05, 4.69) is 5.32 Å². The maximum atomic E-state index is 12.2. The van der Waals surface area contributed by atoms with Gasteiger partial charge in [-0.05, 0) is 29.3 Å². The standard InChI is InChI=1S/C18H22N2O2/c1-20(2)17-6-4-5-16(11-17)18(21)19-12-14-7-9-15(10-8-14)13-22-3/h4-11H,12-13H2,1-3H3,(H,19,21). The van der Waals surface area contributed by atoms with E-state index in [4.69, 9.17) is 4.74 Å². The number of hydrogen-bond acceptors (Lipinski definition) is 3. The maximum Gasteiger partial charge on any atom is 0.251 e. The van der Waals surface area contributed by atoms with Crippen LogP contribution in [0, 0.1) is 0 Å². The first-order valence-corrected chi connectivity index (χ1v) is 7.22. The second kappa shape index (κ2) is 7.61. The summed E-state index contributed by atoms with van der Waals surface area (Å²) in [6.45, 7) is 1.11. The van der Waals surface area contributed by atoms with Crippen molar-refractivity contribution in [2.45, 2.75) is 13.2 Å². The number of benzene rings is 2. The molecule has 2 aromatic carbocycles. The second-order valence-electron chi connectivity index (χ2n) is 5.38. The Morgan fingerprint density at radius 1 is 1.09 bits per heavy atom. The number of carbonyl (C=O) groups excluding carboxylic acids is 1. The van der Waals surface area contributed by atoms with Crippen LogP contribution in [-0.4, -0.2) is 27.1 Å². The van der Waals surface area contributed by atoms with Crippen LogP contribution in [0.1, 0.15) is 21.5 Å². The highest BCUT2D eigenvalue weighted by Gasteiger charge is 2.06. The first-order valence-electron chi connectivity index (χ1n) is 7.22. The molecule has 116 valence electrons. The number of rotatable bonds is 6. The van der Waals surface area contributed by atoms with Crippen molar-refractivity contribution in [3.05, 3.63) is 65.2 Å². The van der Waals surface area contributed by atoms with E-state index >= 15 is 0 Å². The van der Waals surface area contributed by atoms with E-state index in [0.29, 0.717) is 18.7 Å². The molecule has 0 unspecified atom stereocenters. The fraction of sp³-hybridized carbons (Fsp3) is 0.278. The molecule has 0 aromatic heterocycles. The summed E-state index contributed by atoms with van der Waals surface area (Å²) in [6, 6.07) is 15.6. The quantitative estimate of drug-likeness (QED) is 0.891. The van der Waals surface area contributed by atoms with Crippen LogP contribution in [0.15, 0.2) is 48.5 Å². The van der Waals surface area contributed by atoms with Crippen LogP contribution in [0.25, 0.3) is 0 Å². The van der Waals surface area contributed by atoms with Crippen LogP contribution in [0.4, 0.5) is 5.69 Å². The molecule has 0 aliphatic carbocycles. The van der Waals surface area contributed by atoms with Gasteiger partial charge in [0, 0.05) is 39.0 Å². The van der Waals surface area contributed by atoms with Gasteiger partial charge in [-0.1, -0.05) is 30.3 Å². The first kappa shape index (κ1) is 16.0. The number of carbonyl (C=O) groups is 1. The van der Waals surface area contributed by atoms with Gasteiger partial charge in [-0.2, -0.15) is 0 Å². The van der Waals surface area contributed by atoms with Gasteiger partial charge in [0.2, 0.25) is 0 Å². The zero-order valence-corrected chi connectivity index (χ0v) is 13.3. The fourth-order valence-corrected chi connectivity index (χ4v) is 2.13. The van der Waals surface area contributed by atoms with E-state index < -0.39 is 0 Å². The van der Waals surface area contributed by atoms with Crippen molar-refractivity contribution >= 4 is 11.6 Å². The predicted molar refractivity (Wildman–Crippen MR) is 89.1 cm³/mol. The summed E-state index contributed by atoms with van der Waals surface area (Å²) in [5, 5.41) is 2.94. The van der Waals surface area contributed by atoms with E-state index in [0.717, 1.165) is 16.8 Å². The Balaban J connectivity index is 1.96. The highest BCUT2D eigenvalue weighted by atomic mass is 16.5. The molecule has 0 fully saturated rings. The summed E-state index contributed by atoms with van der Waals surface area (Å²) in [5.41, 5.74) is 3.87. The minimum atomic E-state index is -0.0651. The molecule has 0 aliphatic heterocycles. The average Bonchev–Trinajstić information content (AvgIpc) is 2.54. The Labute approximate surface area is 131 Å². The van der Waals surface area contributed by atoms with Crippen molar-refractivity contribution in [1.82, 2.24) is 5.32 Å². The SMILES string of the molecule is COCc1ccc(CNC(=O)c2cccc(N(C)C)c2)cc1. The maximum absolute atomic E-state index is 12.2. The van der Waals surface area contributed by atoms with Crippen molar-refractivity contribution in [3.8, 4) is 0 Å². The third-order valence-electron chi connectivity index (χ3n) is 3.41. The molecule has 2 rings (SSSR count). The third kappa shape index (κ3) is 4.33. The molecule has 4 heteroatoms. The molecule has 4 nitrogen and oxygen atoms in total. The Bertz CT molecular complexity index is 621. The van der Waals surface area contributed by atoms with Gasteiger partial charge in [0.15, 0.2) is 0 Å². The molecule has 0 radical (unpaired) electrons. The van der Waals surface area contributed by atoms with Crippen LogP contribution in [-0.2, 0) is 17.9 Å². The summed E-state index contributed by atoms with van der Waals surface area (Å²) < 4.78 is 5.08. The van der Waals surface area contributed by atoms with Gasteiger partial charge in [0.1, 0.15) is 0 Å². The summed E-state index contributed by atoms with van der Waals surface area (Å²) in [4.78, 5) is 14.2. The molecular weight excluding hydrogens is 276 g/mol. The minimum Gasteiger partial charge on any atom is -0.380 e. The number of hydrogen-bond donors (Lipinski definition) is 1. The molecule has 0 bridgehead atoms. The molecule has 0 heterocycles. The van der Waals surface area contributed by atoms with E-state index in [1.165, 1.54) is 0 Å². The van der Waals surface area contributed by atoms with Crippen LogP contribution < -0.4 is 10.2 Å². The summed E-state index contributed by atoms with van der Waals surface area (Å²) in [5.74, 6) is -0.0651. The molecule has 0 saturated carbocycles. The Morgan fingerprint density at radius 2 is 1.77 bits per heavy atom. The topological polar surface area (TPSA) is 41.6 Å². The molecule has 0 saturated heterocycles. The lowest BCUT2D eigenvalue weighted by Crippen LogP contribution is -2.23. The van der Waals surface area contributed by atoms with Crippen molar-refractivity contribution < 1.29 is 9.53 Å². The number of amides is 1. The molecule has 2 aromatic rings. The van der Waals surface area contributed by atoms with Crippen molar-refractivity contribution in [3.63, 3.8) is 0 Å². The van der Waals surface area contributed by atoms with Gasteiger partial charge < -0.3 is 15.0 Å². The zero-order chi connectivity index (χ0) is 15.9. The monoisotopic (exact) mass is 298 g/mol. The molecule has 1 N–H and O–H groups in total. The van der Waals surface area contributed by atoms with Gasteiger partial charge in [0.05, 0.1) is 6.61 Å². The fourth-order valence-electron chi connectivity index (χ4n) is 2.13. The average molecular weight is 298 g/mol. The first-order chi connectivity index (χ1) is 10.6. The van der Waals surface area contributed by atoms with Crippen LogP contribution in [0.2, 0.25) is 0 Å². The summed E-state index contributed by atoms with van der Waals surface area (Å²) in [6.07, 6.45) is 0. The molecule has 0 atom stereocenters. The molecule has 22 heavy (non-hydrogen) atoms. The van der Waals surface area contributed by atoms with Crippen molar-refractivity contribution in [1.29, 1.82) is 0 Å². The number of nitrogens with one attached hydrogen (secondary N) is 1. The number of ether oxygens (including phenoxy) is 1. The Morgan fingerprint density at radius 3 is 2.41 bits per heavy atom. The van der Waals surface area contributed by atoms with E-state index in [1.54, 1.807) is 7.11 Å². The highest BCUT2D eigenvalue weighted by Crippen LogP contribution is 2.13. The largest absolute Gasteiger partial charge is 0.380 e. The van der Waals surface area contributed by atoms with E-state index in [1.807, 2.05) is 67.5 Å². The van der Waals surface area contributed by atoms with E-state index in [-0.39, 0.29) is 5.91 Å². The normalized spacial score (nSPS) is 10.3. The highest BCUT2D eigenvalue weighted by molar-refractivity contribution is 5.95. The molecular formula is C18H22N2O2. The van der Waals surface area contributed by atoms with Gasteiger partial charge in [-0.3, -0.25) is 4.79 Å². The number of methoxy groups -OCH3 is 1. The van der Waals surface area contributed by atoms with Crippen LogP contribution >= 0.6 is 0 Å². The lowest BCUT2D eigenvalue weighted by Gasteiger charge is -2.13. The van der Waals surface area contributed by atoms with Crippen LogP contribution in [0.3, 0.4) is 0 Å². The van der Waals surface area contributed by atoms with Crippen molar-refractivity contribution in [2.24, 2.45) is 0 Å². The number of anilines is 1. The summed E-state index contributed by atoms with van der Waals surface area (Å²) in [7, 11) is 5.59. The zero-order valence-electron chi connectivity index (χ0n) is 13.3. The van der Waals surface area contributed by atoms with Gasteiger partial charge in [0.25, 0.3) is 5.91 Å². The second-order valence-corrected chi connectivity index (χ2v) is 5.38. The Kier molecular flexibility index (Phi) is 5.55. The molecule has 0 aliphatic rings. The van der Waals surface area contributed by atoms with Gasteiger partial charge >= 0.3 is 0 Å². The smallest absolute Gasteiger partial charge is 0.251 e. The lowest BCUT2D eigenvalue weighted by atomic mass is 10.1. The van der Waals surface area contributed by atoms with Gasteiger partial charge in [-0.25, -0.2) is 0 Å². The Hall–Kier alpha value is -2.33. The molecule has 1 amide bonds. The molecule has 0 spiro atoms. The lowest BCUT2D eigenvalue weighted by molar-refractivity contribution is 0.0951. The van der Waals surface area contributed by atoms with Crippen LogP contribution in [0.5, 0.6) is 0 Å².